The molecule has 1 aromatic rings. The quantitative estimate of drug-likeness (QED) is 0.722. The number of aromatic nitrogens is 1. The molecule has 0 radical (unpaired) electrons. The molecule has 0 saturated carbocycles. The Balaban J connectivity index is 2.87. The van der Waals surface area contributed by atoms with Crippen LogP contribution in [0.2, 0.25) is 0 Å². The van der Waals surface area contributed by atoms with E-state index in [1.54, 1.807) is 6.20 Å². The van der Waals surface area contributed by atoms with E-state index < -0.39 is 5.66 Å². The van der Waals surface area contributed by atoms with Crippen LogP contribution >= 0.6 is 20.6 Å². The van der Waals surface area contributed by atoms with E-state index in [-0.39, 0.29) is 5.01 Å². The number of nitrogens with zero attached hydrogens (tertiary/aromatic N) is 1. The third-order valence-corrected chi connectivity index (χ3v) is 3.92. The van der Waals surface area contributed by atoms with Crippen LogP contribution in [0, 0.1) is 0 Å². The van der Waals surface area contributed by atoms with Gasteiger partial charge in [0, 0.05) is 11.1 Å². The number of rotatable bonds is 4. The zero-order chi connectivity index (χ0) is 10.8. The van der Waals surface area contributed by atoms with E-state index in [4.69, 9.17) is 0 Å². The molecule has 0 spiro atoms. The second kappa shape index (κ2) is 4.63. The summed E-state index contributed by atoms with van der Waals surface area (Å²) in [7, 11) is 1.52. The predicted octanol–water partition coefficient (Wildman–Crippen LogP) is 3.97. The molecule has 0 aliphatic rings. The molecule has 80 valence electrons. The Hall–Kier alpha value is -0.0800. The van der Waals surface area contributed by atoms with Crippen molar-refractivity contribution in [3.63, 3.8) is 0 Å². The monoisotopic (exact) mass is 237 g/mol. The minimum atomic E-state index is -2.88. The minimum absolute atomic E-state index is 0.107. The van der Waals surface area contributed by atoms with Crippen LogP contribution in [0.25, 0.3) is 0 Å². The lowest BCUT2D eigenvalue weighted by Gasteiger charge is -2.08. The second-order valence-electron chi connectivity index (χ2n) is 3.20. The maximum Gasteiger partial charge on any atom is 0.309 e. The normalized spacial score (nSPS) is 12.4. The first-order chi connectivity index (χ1) is 6.49. The predicted molar refractivity (Wildman–Crippen MR) is 59.0 cm³/mol. The first-order valence-electron chi connectivity index (χ1n) is 4.61. The van der Waals surface area contributed by atoms with E-state index in [0.717, 1.165) is 29.1 Å². The lowest BCUT2D eigenvalue weighted by molar-refractivity contribution is 0.103. The SMILES string of the molecule is CCC(CC)c1cnc(C(F)(F)P)s1. The van der Waals surface area contributed by atoms with Gasteiger partial charge in [-0.25, -0.2) is 4.98 Å². The van der Waals surface area contributed by atoms with Crippen molar-refractivity contribution in [3.05, 3.63) is 16.1 Å². The molecule has 14 heavy (non-hydrogen) atoms. The highest BCUT2D eigenvalue weighted by Gasteiger charge is 2.29. The van der Waals surface area contributed by atoms with Crippen molar-refractivity contribution in [3.8, 4) is 0 Å². The van der Waals surface area contributed by atoms with E-state index in [9.17, 15) is 8.78 Å². The zero-order valence-electron chi connectivity index (χ0n) is 8.26. The lowest BCUT2D eigenvalue weighted by atomic mass is 10.0. The number of alkyl halides is 2. The Morgan fingerprint density at radius 3 is 2.43 bits per heavy atom. The fourth-order valence-corrected chi connectivity index (χ4v) is 2.64. The molecule has 0 aromatic carbocycles. The van der Waals surface area contributed by atoms with Gasteiger partial charge in [0.1, 0.15) is 0 Å². The van der Waals surface area contributed by atoms with Gasteiger partial charge in [0.25, 0.3) is 0 Å². The molecule has 1 aromatic heterocycles. The molecule has 5 heteroatoms. The molecule has 0 aliphatic heterocycles. The standard InChI is InChI=1S/C9H14F2NPS/c1-3-6(4-2)7-5-12-8(14-7)9(10,11)13/h5-6H,3-4,13H2,1-2H3. The van der Waals surface area contributed by atoms with Crippen LogP contribution in [0.4, 0.5) is 8.78 Å². The largest absolute Gasteiger partial charge is 0.309 e. The topological polar surface area (TPSA) is 12.9 Å². The number of hydrogen-bond acceptors (Lipinski definition) is 2. The van der Waals surface area contributed by atoms with Crippen molar-refractivity contribution >= 4 is 20.6 Å². The van der Waals surface area contributed by atoms with E-state index in [1.807, 2.05) is 0 Å². The molecule has 1 heterocycles. The molecule has 1 rings (SSSR count). The summed E-state index contributed by atoms with van der Waals surface area (Å²) in [5.74, 6) is 0.369. The molecule has 0 saturated heterocycles. The van der Waals surface area contributed by atoms with Gasteiger partial charge in [-0.05, 0) is 18.8 Å². The molecular formula is C9H14F2NPS. The summed E-state index contributed by atoms with van der Waals surface area (Å²) < 4.78 is 25.7. The fourth-order valence-electron chi connectivity index (χ4n) is 1.32. The van der Waals surface area contributed by atoms with Gasteiger partial charge in [0.15, 0.2) is 5.01 Å². The van der Waals surface area contributed by atoms with Gasteiger partial charge in [0.2, 0.25) is 0 Å². The van der Waals surface area contributed by atoms with Gasteiger partial charge in [-0.2, -0.15) is 8.78 Å². The highest BCUT2D eigenvalue weighted by Crippen LogP contribution is 2.39. The number of hydrogen-bond donors (Lipinski definition) is 0. The van der Waals surface area contributed by atoms with Gasteiger partial charge in [0.05, 0.1) is 0 Å². The summed E-state index contributed by atoms with van der Waals surface area (Å²) in [6.45, 7) is 4.12. The maximum atomic E-state index is 12.9. The van der Waals surface area contributed by atoms with E-state index >= 15 is 0 Å². The molecule has 1 atom stereocenters. The van der Waals surface area contributed by atoms with Gasteiger partial charge in [-0.1, -0.05) is 23.1 Å². The van der Waals surface area contributed by atoms with Crippen LogP contribution < -0.4 is 0 Å². The highest BCUT2D eigenvalue weighted by atomic mass is 32.1. The van der Waals surface area contributed by atoms with Crippen molar-refractivity contribution in [2.45, 2.75) is 38.3 Å². The Kier molecular flexibility index (Phi) is 3.96. The van der Waals surface area contributed by atoms with Gasteiger partial charge >= 0.3 is 5.66 Å². The molecule has 0 aliphatic carbocycles. The number of halogens is 2. The Labute approximate surface area is 89.1 Å². The average molecular weight is 237 g/mol. The van der Waals surface area contributed by atoms with Gasteiger partial charge in [-0.15, -0.1) is 11.3 Å². The van der Waals surface area contributed by atoms with E-state index in [2.05, 4.69) is 18.8 Å². The maximum absolute atomic E-state index is 12.9. The summed E-state index contributed by atoms with van der Waals surface area (Å²) in [6, 6.07) is 0. The fraction of sp³-hybridized carbons (Fsp3) is 0.667. The summed E-state index contributed by atoms with van der Waals surface area (Å²) in [6.07, 6.45) is 3.52. The minimum Gasteiger partial charge on any atom is -0.243 e. The van der Waals surface area contributed by atoms with Crippen LogP contribution in [0.3, 0.4) is 0 Å². The Bertz CT molecular complexity index is 291. The van der Waals surface area contributed by atoms with Gasteiger partial charge in [-0.3, -0.25) is 0 Å². The van der Waals surface area contributed by atoms with E-state index in [0.29, 0.717) is 5.92 Å². The molecule has 0 N–H and O–H groups in total. The van der Waals surface area contributed by atoms with Gasteiger partial charge < -0.3 is 0 Å². The molecule has 0 fully saturated rings. The zero-order valence-corrected chi connectivity index (χ0v) is 10.2. The molecule has 0 amide bonds. The van der Waals surface area contributed by atoms with Crippen LogP contribution in [0.5, 0.6) is 0 Å². The van der Waals surface area contributed by atoms with Crippen molar-refractivity contribution < 1.29 is 8.78 Å². The smallest absolute Gasteiger partial charge is 0.243 e. The van der Waals surface area contributed by atoms with Crippen molar-refractivity contribution in [2.75, 3.05) is 0 Å². The summed E-state index contributed by atoms with van der Waals surface area (Å²) in [5, 5.41) is -0.107. The average Bonchev–Trinajstić information content (AvgIpc) is 2.54. The van der Waals surface area contributed by atoms with E-state index in [1.165, 1.54) is 9.24 Å². The summed E-state index contributed by atoms with van der Waals surface area (Å²) in [5.41, 5.74) is -2.88. The molecule has 0 bridgehead atoms. The lowest BCUT2D eigenvalue weighted by Crippen LogP contribution is -2.00. The number of thiazole rings is 1. The van der Waals surface area contributed by atoms with Crippen molar-refractivity contribution in [1.82, 2.24) is 4.98 Å². The first kappa shape index (κ1) is 12.0. The highest BCUT2D eigenvalue weighted by molar-refractivity contribution is 7.20. The molecule has 1 nitrogen and oxygen atoms in total. The summed E-state index contributed by atoms with van der Waals surface area (Å²) >= 11 is 1.12. The van der Waals surface area contributed by atoms with Crippen LogP contribution in [-0.2, 0) is 5.66 Å². The van der Waals surface area contributed by atoms with Crippen molar-refractivity contribution in [1.29, 1.82) is 0 Å². The molecular weight excluding hydrogens is 223 g/mol. The second-order valence-corrected chi connectivity index (χ2v) is 4.99. The third-order valence-electron chi connectivity index (χ3n) is 2.20. The Morgan fingerprint density at radius 1 is 1.50 bits per heavy atom. The summed E-state index contributed by atoms with van der Waals surface area (Å²) in [4.78, 5) is 4.72. The Morgan fingerprint density at radius 2 is 2.07 bits per heavy atom. The molecule has 1 unspecified atom stereocenters. The van der Waals surface area contributed by atoms with Crippen molar-refractivity contribution in [2.24, 2.45) is 0 Å². The van der Waals surface area contributed by atoms with Crippen LogP contribution in [-0.4, -0.2) is 4.98 Å². The van der Waals surface area contributed by atoms with Crippen LogP contribution in [0.15, 0.2) is 6.20 Å². The van der Waals surface area contributed by atoms with Crippen LogP contribution in [0.1, 0.15) is 42.5 Å². The first-order valence-corrected chi connectivity index (χ1v) is 6.01. The third kappa shape index (κ3) is 2.71.